The molecule has 4 aliphatic carbocycles. The number of fused-ring (bicyclic) bond motifs is 7. The van der Waals surface area contributed by atoms with E-state index in [1.165, 1.54) is 11.1 Å². The van der Waals surface area contributed by atoms with Crippen molar-refractivity contribution in [1.82, 2.24) is 15.5 Å². The second kappa shape index (κ2) is 8.44. The average molecular weight is 499 g/mol. The van der Waals surface area contributed by atoms with Crippen LogP contribution in [-0.4, -0.2) is 47.8 Å². The first-order valence-electron chi connectivity index (χ1n) is 14.0. The lowest BCUT2D eigenvalue weighted by atomic mass is 9.78. The largest absolute Gasteiger partial charge is 0.356 e. The lowest BCUT2D eigenvalue weighted by Gasteiger charge is -2.32. The third kappa shape index (κ3) is 3.48. The van der Waals surface area contributed by atoms with E-state index in [1.807, 2.05) is 4.90 Å². The summed E-state index contributed by atoms with van der Waals surface area (Å²) in [5, 5.41) is 15.6. The molecule has 1 aromatic carbocycles. The Hall–Kier alpha value is -3.14. The first-order chi connectivity index (χ1) is 18.0. The molecule has 2 bridgehead atoms. The van der Waals surface area contributed by atoms with E-state index in [1.54, 1.807) is 0 Å². The van der Waals surface area contributed by atoms with E-state index in [9.17, 15) is 19.6 Å². The van der Waals surface area contributed by atoms with Crippen LogP contribution < -0.4 is 10.6 Å². The van der Waals surface area contributed by atoms with Crippen LogP contribution in [0.4, 0.5) is 0 Å². The molecule has 4 fully saturated rings. The van der Waals surface area contributed by atoms with Crippen molar-refractivity contribution in [3.63, 3.8) is 0 Å². The van der Waals surface area contributed by atoms with E-state index >= 15 is 0 Å². The number of likely N-dealkylation sites (tertiary alicyclic amines) is 1. The zero-order valence-corrected chi connectivity index (χ0v) is 21.1. The maximum Gasteiger partial charge on any atom is 0.244 e. The molecule has 9 atom stereocenters. The molecule has 9 unspecified atom stereocenters. The molecule has 1 aromatic rings. The molecular weight excluding hydrogens is 464 g/mol. The number of carbonyl (C=O) groups excluding carboxylic acids is 3. The van der Waals surface area contributed by atoms with Gasteiger partial charge in [-0.2, -0.15) is 5.26 Å². The predicted octanol–water partition coefficient (Wildman–Crippen LogP) is 2.46. The smallest absolute Gasteiger partial charge is 0.244 e. The van der Waals surface area contributed by atoms with Crippen molar-refractivity contribution < 1.29 is 14.4 Å². The van der Waals surface area contributed by atoms with Crippen molar-refractivity contribution in [2.45, 2.75) is 62.4 Å². The fraction of sp³-hybridized carbons (Fsp3) is 0.600. The minimum absolute atomic E-state index is 0.0442. The number of benzene rings is 1. The summed E-state index contributed by atoms with van der Waals surface area (Å²) >= 11 is 0. The van der Waals surface area contributed by atoms with Crippen LogP contribution in [0.2, 0.25) is 0 Å². The Kier molecular flexibility index (Phi) is 5.25. The first kappa shape index (κ1) is 23.0. The zero-order chi connectivity index (χ0) is 25.3. The van der Waals surface area contributed by atoms with Gasteiger partial charge >= 0.3 is 0 Å². The second-order valence-electron chi connectivity index (χ2n) is 12.3. The summed E-state index contributed by atoms with van der Waals surface area (Å²) in [7, 11) is 0. The fourth-order valence-corrected chi connectivity index (χ4v) is 8.69. The van der Waals surface area contributed by atoms with Crippen LogP contribution >= 0.6 is 0 Å². The second-order valence-corrected chi connectivity index (χ2v) is 12.3. The minimum atomic E-state index is -0.732. The number of hydrogen-bond acceptors (Lipinski definition) is 4. The lowest BCUT2D eigenvalue weighted by Crippen LogP contribution is -2.52. The van der Waals surface area contributed by atoms with Gasteiger partial charge in [0.2, 0.25) is 17.7 Å². The maximum atomic E-state index is 14.2. The van der Waals surface area contributed by atoms with Gasteiger partial charge in [0.15, 0.2) is 0 Å². The van der Waals surface area contributed by atoms with E-state index in [0.717, 1.165) is 32.1 Å². The number of nitrogens with zero attached hydrogens (tertiary/aromatic N) is 2. The van der Waals surface area contributed by atoms with Gasteiger partial charge in [0.1, 0.15) is 12.1 Å². The molecule has 2 saturated carbocycles. The molecular formula is C30H34N4O3. The highest BCUT2D eigenvalue weighted by atomic mass is 16.2. The molecule has 37 heavy (non-hydrogen) atoms. The van der Waals surface area contributed by atoms with Crippen LogP contribution in [0.25, 0.3) is 0 Å². The fourth-order valence-electron chi connectivity index (χ4n) is 8.69. The molecule has 2 aliphatic heterocycles. The normalized spacial score (nSPS) is 39.2. The van der Waals surface area contributed by atoms with Crippen LogP contribution in [0.1, 0.15) is 49.7 Å². The highest BCUT2D eigenvalue weighted by molar-refractivity contribution is 5.92. The zero-order valence-electron chi connectivity index (χ0n) is 21.1. The summed E-state index contributed by atoms with van der Waals surface area (Å²) in [6, 6.07) is 9.50. The minimum Gasteiger partial charge on any atom is -0.356 e. The third-order valence-corrected chi connectivity index (χ3v) is 10.5. The van der Waals surface area contributed by atoms with Gasteiger partial charge in [0.05, 0.1) is 6.07 Å². The summed E-state index contributed by atoms with van der Waals surface area (Å²) in [5.41, 5.74) is 2.63. The highest BCUT2D eigenvalue weighted by Crippen LogP contribution is 2.62. The van der Waals surface area contributed by atoms with Crippen LogP contribution in [0, 0.1) is 46.8 Å². The van der Waals surface area contributed by atoms with E-state index in [2.05, 4.69) is 53.1 Å². The summed E-state index contributed by atoms with van der Waals surface area (Å²) < 4.78 is 0. The van der Waals surface area contributed by atoms with Crippen LogP contribution in [0.15, 0.2) is 36.4 Å². The van der Waals surface area contributed by atoms with Crippen molar-refractivity contribution in [3.05, 3.63) is 47.5 Å². The molecule has 3 amide bonds. The van der Waals surface area contributed by atoms with Crippen molar-refractivity contribution in [3.8, 4) is 6.07 Å². The van der Waals surface area contributed by atoms with Crippen LogP contribution in [0.5, 0.6) is 0 Å². The van der Waals surface area contributed by atoms with Crippen molar-refractivity contribution in [1.29, 1.82) is 5.26 Å². The van der Waals surface area contributed by atoms with Crippen molar-refractivity contribution in [2.24, 2.45) is 35.5 Å². The predicted molar refractivity (Wildman–Crippen MR) is 136 cm³/mol. The SMILES string of the molecule is N#CC(CC1CCNC1=O)NC(=O)C1C2C3C=CC(C3)C2CN1C(=O)C1CC12CCCc1ccccc12. The van der Waals surface area contributed by atoms with Gasteiger partial charge < -0.3 is 15.5 Å². The number of rotatable bonds is 5. The van der Waals surface area contributed by atoms with Crippen LogP contribution in [-0.2, 0) is 26.2 Å². The molecule has 2 saturated heterocycles. The number of allylic oxidation sites excluding steroid dienone is 2. The van der Waals surface area contributed by atoms with Gasteiger partial charge in [-0.3, -0.25) is 14.4 Å². The Labute approximate surface area is 217 Å². The molecule has 2 N–H and O–H groups in total. The highest BCUT2D eigenvalue weighted by Gasteiger charge is 2.65. The summed E-state index contributed by atoms with van der Waals surface area (Å²) in [6.45, 7) is 1.25. The molecule has 1 spiro atoms. The maximum absolute atomic E-state index is 14.2. The molecule has 6 aliphatic rings. The summed E-state index contributed by atoms with van der Waals surface area (Å²) in [6.07, 6.45) is 10.7. The number of carbonyl (C=O) groups is 3. The number of nitrogens with one attached hydrogen (secondary N) is 2. The molecule has 192 valence electrons. The Morgan fingerprint density at radius 2 is 2.08 bits per heavy atom. The van der Waals surface area contributed by atoms with E-state index in [4.69, 9.17) is 0 Å². The number of nitriles is 1. The monoisotopic (exact) mass is 498 g/mol. The first-order valence-corrected chi connectivity index (χ1v) is 14.0. The topological polar surface area (TPSA) is 102 Å². The Bertz CT molecular complexity index is 1240. The molecule has 7 rings (SSSR count). The molecule has 2 heterocycles. The van der Waals surface area contributed by atoms with E-state index in [-0.39, 0.29) is 40.9 Å². The van der Waals surface area contributed by atoms with Gasteiger partial charge in [0.25, 0.3) is 0 Å². The summed E-state index contributed by atoms with van der Waals surface area (Å²) in [5.74, 6) is 0.710. The Morgan fingerprint density at radius 3 is 2.89 bits per heavy atom. The lowest BCUT2D eigenvalue weighted by molar-refractivity contribution is -0.141. The van der Waals surface area contributed by atoms with Crippen molar-refractivity contribution >= 4 is 17.7 Å². The van der Waals surface area contributed by atoms with E-state index in [0.29, 0.717) is 43.7 Å². The molecule has 7 heteroatoms. The van der Waals surface area contributed by atoms with Gasteiger partial charge in [0, 0.05) is 30.3 Å². The molecule has 7 nitrogen and oxygen atoms in total. The van der Waals surface area contributed by atoms with Crippen LogP contribution in [0.3, 0.4) is 0 Å². The average Bonchev–Trinajstić information content (AvgIpc) is 3.37. The number of hydrogen-bond donors (Lipinski definition) is 2. The quantitative estimate of drug-likeness (QED) is 0.609. The van der Waals surface area contributed by atoms with E-state index < -0.39 is 12.1 Å². The van der Waals surface area contributed by atoms with Gasteiger partial charge in [-0.05, 0) is 79.7 Å². The number of amides is 3. The number of aryl methyl sites for hydroxylation is 1. The third-order valence-electron chi connectivity index (χ3n) is 10.5. The van der Waals surface area contributed by atoms with Gasteiger partial charge in [-0.25, -0.2) is 0 Å². The molecule has 0 aromatic heterocycles. The van der Waals surface area contributed by atoms with Gasteiger partial charge in [-0.1, -0.05) is 36.4 Å². The van der Waals surface area contributed by atoms with Gasteiger partial charge in [-0.15, -0.1) is 0 Å². The standard InChI is InChI=1S/C30H34N4O3/c31-15-21(13-20-9-11-32-27(20)35)33-28(36)26-25-19-8-7-18(12-19)22(25)16-34(26)29(37)24-14-30(24)10-3-5-17-4-1-2-6-23(17)30/h1-2,4,6-8,18-22,24-26H,3,5,9-14,16H2,(H,32,35)(H,33,36). The molecule has 0 radical (unpaired) electrons. The summed E-state index contributed by atoms with van der Waals surface area (Å²) in [4.78, 5) is 41.9. The van der Waals surface area contributed by atoms with Crippen molar-refractivity contribution in [2.75, 3.05) is 13.1 Å². The Balaban J connectivity index is 1.13. The Morgan fingerprint density at radius 1 is 1.24 bits per heavy atom.